The zero-order valence-electron chi connectivity index (χ0n) is 8.67. The van der Waals surface area contributed by atoms with Gasteiger partial charge in [-0.2, -0.15) is 0 Å². The van der Waals surface area contributed by atoms with Crippen molar-refractivity contribution in [2.45, 2.75) is 0 Å². The van der Waals surface area contributed by atoms with Crippen LogP contribution in [0.2, 0.25) is 0 Å². The van der Waals surface area contributed by atoms with Crippen LogP contribution in [-0.2, 0) is 9.63 Å². The predicted molar refractivity (Wildman–Crippen MR) is 62.9 cm³/mol. The Kier molecular flexibility index (Phi) is 3.36. The molecule has 0 aliphatic carbocycles. The van der Waals surface area contributed by atoms with Crippen LogP contribution in [0.1, 0.15) is 10.4 Å². The summed E-state index contributed by atoms with van der Waals surface area (Å²) >= 11 is 1.45. The minimum absolute atomic E-state index is 0.441. The van der Waals surface area contributed by atoms with E-state index in [4.69, 9.17) is 5.11 Å². The highest BCUT2D eigenvalue weighted by Gasteiger charge is 2.12. The number of carboxylic acids is 1. The number of rotatable bonds is 4. The molecule has 0 fully saturated rings. The molecule has 1 aromatic heterocycles. The molecule has 5 nitrogen and oxygen atoms in total. The summed E-state index contributed by atoms with van der Waals surface area (Å²) in [5.41, 5.74) is 2.58. The minimum atomic E-state index is -1.14. The molecule has 0 bridgehead atoms. The molecule has 0 saturated carbocycles. The molecule has 2 rings (SSSR count). The van der Waals surface area contributed by atoms with E-state index in [1.807, 2.05) is 24.3 Å². The van der Waals surface area contributed by atoms with Gasteiger partial charge < -0.3 is 5.11 Å². The molecule has 1 amide bonds. The summed E-state index contributed by atoms with van der Waals surface area (Å²) in [6, 6.07) is 7.47. The van der Waals surface area contributed by atoms with Gasteiger partial charge in [0.1, 0.15) is 0 Å². The van der Waals surface area contributed by atoms with Crippen LogP contribution in [0.4, 0.5) is 0 Å². The Morgan fingerprint density at radius 1 is 1.35 bits per heavy atom. The highest BCUT2D eigenvalue weighted by Crippen LogP contribution is 2.25. The predicted octanol–water partition coefficient (Wildman–Crippen LogP) is 1.65. The highest BCUT2D eigenvalue weighted by molar-refractivity contribution is 7.17. The summed E-state index contributed by atoms with van der Waals surface area (Å²) in [5, 5.41) is 10.9. The summed E-state index contributed by atoms with van der Waals surface area (Å²) in [6.45, 7) is -0.562. The molecule has 0 saturated heterocycles. The highest BCUT2D eigenvalue weighted by atomic mass is 32.1. The van der Waals surface area contributed by atoms with Crippen molar-refractivity contribution in [2.75, 3.05) is 6.61 Å². The van der Waals surface area contributed by atoms with Crippen molar-refractivity contribution in [3.8, 4) is 0 Å². The summed E-state index contributed by atoms with van der Waals surface area (Å²) in [6.07, 6.45) is 0. The van der Waals surface area contributed by atoms with Crippen LogP contribution in [0.3, 0.4) is 0 Å². The van der Waals surface area contributed by atoms with Crippen LogP contribution in [0.5, 0.6) is 0 Å². The molecular weight excluding hydrogens is 242 g/mol. The third kappa shape index (κ3) is 2.61. The van der Waals surface area contributed by atoms with Gasteiger partial charge in [-0.15, -0.1) is 11.3 Å². The van der Waals surface area contributed by atoms with Crippen molar-refractivity contribution in [2.24, 2.45) is 0 Å². The number of amides is 1. The van der Waals surface area contributed by atoms with Crippen molar-refractivity contribution in [3.63, 3.8) is 0 Å². The Balaban J connectivity index is 2.11. The van der Waals surface area contributed by atoms with E-state index in [0.29, 0.717) is 5.56 Å². The fourth-order valence-corrected chi connectivity index (χ4v) is 2.31. The molecule has 88 valence electrons. The summed E-state index contributed by atoms with van der Waals surface area (Å²) < 4.78 is 0.996. The maximum absolute atomic E-state index is 11.7. The Labute approximate surface area is 101 Å². The second-order valence-electron chi connectivity index (χ2n) is 3.26. The van der Waals surface area contributed by atoms with E-state index in [9.17, 15) is 9.59 Å². The Hall–Kier alpha value is -1.92. The largest absolute Gasteiger partial charge is 0.479 e. The molecule has 0 spiro atoms. The van der Waals surface area contributed by atoms with Crippen molar-refractivity contribution in [1.82, 2.24) is 5.48 Å². The fraction of sp³-hybridized carbons (Fsp3) is 0.0909. The third-order valence-corrected chi connectivity index (χ3v) is 3.05. The monoisotopic (exact) mass is 251 g/mol. The van der Waals surface area contributed by atoms with Crippen LogP contribution < -0.4 is 5.48 Å². The lowest BCUT2D eigenvalue weighted by atomic mass is 10.2. The maximum Gasteiger partial charge on any atom is 0.332 e. The van der Waals surface area contributed by atoms with Crippen molar-refractivity contribution >= 4 is 33.3 Å². The van der Waals surface area contributed by atoms with Gasteiger partial charge in [-0.25, -0.2) is 10.3 Å². The molecular formula is C11H9NO4S. The van der Waals surface area contributed by atoms with Crippen molar-refractivity contribution in [3.05, 3.63) is 35.2 Å². The fourth-order valence-electron chi connectivity index (χ4n) is 1.37. The Bertz CT molecular complexity index is 563. The number of carbonyl (C=O) groups is 2. The van der Waals surface area contributed by atoms with Gasteiger partial charge in [-0.3, -0.25) is 9.63 Å². The molecule has 0 aliphatic rings. The average Bonchev–Trinajstić information content (AvgIpc) is 2.72. The molecule has 2 N–H and O–H groups in total. The molecule has 17 heavy (non-hydrogen) atoms. The van der Waals surface area contributed by atoms with E-state index in [-0.39, 0.29) is 0 Å². The van der Waals surface area contributed by atoms with Crippen LogP contribution in [0.15, 0.2) is 29.6 Å². The van der Waals surface area contributed by atoms with Gasteiger partial charge in [-0.1, -0.05) is 18.2 Å². The number of fused-ring (bicyclic) bond motifs is 1. The first-order valence-corrected chi connectivity index (χ1v) is 5.66. The van der Waals surface area contributed by atoms with Gasteiger partial charge in [-0.05, 0) is 6.07 Å². The Morgan fingerprint density at radius 2 is 2.12 bits per heavy atom. The molecule has 0 aliphatic heterocycles. The number of carbonyl (C=O) groups excluding carboxylic acids is 1. The van der Waals surface area contributed by atoms with Crippen LogP contribution >= 0.6 is 11.3 Å². The molecule has 2 aromatic rings. The first-order chi connectivity index (χ1) is 8.18. The molecule has 6 heteroatoms. The van der Waals surface area contributed by atoms with Gasteiger partial charge >= 0.3 is 5.97 Å². The Morgan fingerprint density at radius 3 is 2.88 bits per heavy atom. The van der Waals surface area contributed by atoms with E-state index in [0.717, 1.165) is 10.1 Å². The number of benzene rings is 1. The van der Waals surface area contributed by atoms with E-state index >= 15 is 0 Å². The maximum atomic E-state index is 11.7. The van der Waals surface area contributed by atoms with Crippen LogP contribution in [0, 0.1) is 0 Å². The number of hydrogen-bond donors (Lipinski definition) is 2. The lowest BCUT2D eigenvalue weighted by Crippen LogP contribution is -2.26. The summed E-state index contributed by atoms with van der Waals surface area (Å²) in [7, 11) is 0. The van der Waals surface area contributed by atoms with E-state index in [1.165, 1.54) is 11.3 Å². The minimum Gasteiger partial charge on any atom is -0.479 e. The van der Waals surface area contributed by atoms with E-state index in [2.05, 4.69) is 10.3 Å². The molecule has 0 radical (unpaired) electrons. The number of nitrogens with one attached hydrogen (secondary N) is 1. The normalized spacial score (nSPS) is 10.4. The van der Waals surface area contributed by atoms with Crippen molar-refractivity contribution < 1.29 is 19.5 Å². The van der Waals surface area contributed by atoms with Gasteiger partial charge in [0.2, 0.25) is 0 Å². The first kappa shape index (κ1) is 11.6. The summed E-state index contributed by atoms with van der Waals surface area (Å²) in [4.78, 5) is 26.4. The number of carboxylic acid groups (broad SMARTS) is 1. The number of hydroxylamine groups is 1. The third-order valence-electron chi connectivity index (χ3n) is 2.09. The zero-order chi connectivity index (χ0) is 12.3. The van der Waals surface area contributed by atoms with Gasteiger partial charge in [0.15, 0.2) is 6.61 Å². The second kappa shape index (κ2) is 4.94. The smallest absolute Gasteiger partial charge is 0.332 e. The molecule has 0 unspecified atom stereocenters. The molecule has 1 heterocycles. The van der Waals surface area contributed by atoms with Gasteiger partial charge in [0.05, 0.1) is 5.56 Å². The van der Waals surface area contributed by atoms with Crippen LogP contribution in [0.25, 0.3) is 10.1 Å². The van der Waals surface area contributed by atoms with Crippen molar-refractivity contribution in [1.29, 1.82) is 0 Å². The SMILES string of the molecule is O=C(O)CONC(=O)c1csc2ccccc12. The van der Waals surface area contributed by atoms with Gasteiger partial charge in [0, 0.05) is 15.5 Å². The zero-order valence-corrected chi connectivity index (χ0v) is 9.49. The van der Waals surface area contributed by atoms with Crippen LogP contribution in [-0.4, -0.2) is 23.6 Å². The molecule has 0 atom stereocenters. The first-order valence-electron chi connectivity index (χ1n) is 4.78. The van der Waals surface area contributed by atoms with E-state index in [1.54, 1.807) is 5.38 Å². The standard InChI is InChI=1S/C11H9NO4S/c13-10(14)5-16-12-11(15)8-6-17-9-4-2-1-3-7(8)9/h1-4,6H,5H2,(H,12,15)(H,13,14). The number of aliphatic carboxylic acids is 1. The summed E-state index contributed by atoms with van der Waals surface area (Å²) in [5.74, 6) is -1.58. The second-order valence-corrected chi connectivity index (χ2v) is 4.17. The van der Waals surface area contributed by atoms with E-state index < -0.39 is 18.5 Å². The van der Waals surface area contributed by atoms with Gasteiger partial charge in [0.25, 0.3) is 5.91 Å². The average molecular weight is 251 g/mol. The molecule has 1 aromatic carbocycles. The number of thiophene rings is 1. The lowest BCUT2D eigenvalue weighted by Gasteiger charge is -2.02. The quantitative estimate of drug-likeness (QED) is 0.810. The number of hydrogen-bond acceptors (Lipinski definition) is 4. The topological polar surface area (TPSA) is 75.6 Å². The lowest BCUT2D eigenvalue weighted by molar-refractivity contribution is -0.144.